The highest BCUT2D eigenvalue weighted by atomic mass is 16.6. The van der Waals surface area contributed by atoms with E-state index < -0.39 is 17.0 Å². The van der Waals surface area contributed by atoms with Crippen LogP contribution in [-0.2, 0) is 19.1 Å². The number of hydrogen-bond donors (Lipinski definition) is 0. The van der Waals surface area contributed by atoms with Gasteiger partial charge in [0.05, 0.1) is 13.0 Å². The summed E-state index contributed by atoms with van der Waals surface area (Å²) in [4.78, 5) is 22.9. The lowest BCUT2D eigenvalue weighted by molar-refractivity contribution is -0.149. The molecule has 0 aromatic carbocycles. The first-order chi connectivity index (χ1) is 8.06. The zero-order chi connectivity index (χ0) is 14.4. The summed E-state index contributed by atoms with van der Waals surface area (Å²) >= 11 is 0. The molecule has 0 saturated carbocycles. The zero-order valence-corrected chi connectivity index (χ0v) is 12.2. The topological polar surface area (TPSA) is 52.6 Å². The molecule has 0 amide bonds. The Kier molecular flexibility index (Phi) is 6.09. The van der Waals surface area contributed by atoms with E-state index in [0.717, 1.165) is 0 Å². The van der Waals surface area contributed by atoms with Gasteiger partial charge in [-0.3, -0.25) is 4.79 Å². The highest BCUT2D eigenvalue weighted by Crippen LogP contribution is 2.23. The van der Waals surface area contributed by atoms with Gasteiger partial charge in [-0.25, -0.2) is 4.79 Å². The molecule has 0 rings (SSSR count). The monoisotopic (exact) mass is 256 g/mol. The fourth-order valence-electron chi connectivity index (χ4n) is 1.27. The molecule has 0 N–H and O–H groups in total. The quantitative estimate of drug-likeness (QED) is 0.560. The van der Waals surface area contributed by atoms with E-state index in [2.05, 4.69) is 0 Å². The largest absolute Gasteiger partial charge is 0.466 e. The van der Waals surface area contributed by atoms with Crippen molar-refractivity contribution in [3.63, 3.8) is 0 Å². The van der Waals surface area contributed by atoms with Crippen molar-refractivity contribution in [1.29, 1.82) is 0 Å². The summed E-state index contributed by atoms with van der Waals surface area (Å²) < 4.78 is 10.0. The van der Waals surface area contributed by atoms with Gasteiger partial charge in [0.25, 0.3) is 0 Å². The first-order valence-electron chi connectivity index (χ1n) is 6.13. The van der Waals surface area contributed by atoms with Gasteiger partial charge < -0.3 is 9.47 Å². The van der Waals surface area contributed by atoms with Gasteiger partial charge in [0.1, 0.15) is 5.60 Å². The number of hydrogen-bond acceptors (Lipinski definition) is 4. The Morgan fingerprint density at radius 1 is 1.11 bits per heavy atom. The number of esters is 2. The maximum atomic E-state index is 11.5. The molecule has 0 heterocycles. The zero-order valence-electron chi connectivity index (χ0n) is 12.2. The second kappa shape index (κ2) is 6.57. The lowest BCUT2D eigenvalue weighted by atomic mass is 9.89. The fourth-order valence-corrected chi connectivity index (χ4v) is 1.27. The second-order valence-electron chi connectivity index (χ2n) is 5.84. The molecule has 0 fully saturated rings. The van der Waals surface area contributed by atoms with Crippen molar-refractivity contribution >= 4 is 11.9 Å². The Balaban J connectivity index is 4.39. The summed E-state index contributed by atoms with van der Waals surface area (Å²) in [5.41, 5.74) is -0.935. The maximum Gasteiger partial charge on any atom is 0.330 e. The standard InChI is InChI=1S/C14H24O4/c1-7-17-12(16)10-14(5,6)9-8-11(15)18-13(2,3)4/h8-9H,7,10H2,1-6H3/b9-8+. The first kappa shape index (κ1) is 16.7. The molecule has 104 valence electrons. The van der Waals surface area contributed by atoms with E-state index in [0.29, 0.717) is 6.61 Å². The van der Waals surface area contributed by atoms with E-state index in [9.17, 15) is 9.59 Å². The Morgan fingerprint density at radius 3 is 2.11 bits per heavy atom. The third-order valence-corrected chi connectivity index (χ3v) is 1.98. The summed E-state index contributed by atoms with van der Waals surface area (Å²) in [6, 6.07) is 0. The lowest BCUT2D eigenvalue weighted by Gasteiger charge is -2.20. The van der Waals surface area contributed by atoms with Crippen molar-refractivity contribution in [3.8, 4) is 0 Å². The molecule has 0 spiro atoms. The fraction of sp³-hybridized carbons (Fsp3) is 0.714. The van der Waals surface area contributed by atoms with Crippen LogP contribution in [0.5, 0.6) is 0 Å². The Morgan fingerprint density at radius 2 is 1.67 bits per heavy atom. The van der Waals surface area contributed by atoms with E-state index in [1.807, 2.05) is 34.6 Å². The van der Waals surface area contributed by atoms with Crippen molar-refractivity contribution in [2.75, 3.05) is 6.61 Å². The van der Waals surface area contributed by atoms with Crippen LogP contribution in [0.2, 0.25) is 0 Å². The third kappa shape index (κ3) is 8.79. The summed E-state index contributed by atoms with van der Waals surface area (Å²) in [6.07, 6.45) is 3.28. The van der Waals surface area contributed by atoms with Crippen LogP contribution in [0.1, 0.15) is 48.0 Å². The van der Waals surface area contributed by atoms with Gasteiger partial charge in [-0.15, -0.1) is 0 Å². The Bertz CT molecular complexity index is 321. The van der Waals surface area contributed by atoms with E-state index in [4.69, 9.17) is 9.47 Å². The van der Waals surface area contributed by atoms with Crippen LogP contribution in [0.25, 0.3) is 0 Å². The molecule has 0 radical (unpaired) electrons. The van der Waals surface area contributed by atoms with E-state index in [-0.39, 0.29) is 12.4 Å². The summed E-state index contributed by atoms with van der Waals surface area (Å²) in [7, 11) is 0. The predicted octanol–water partition coefficient (Wildman–Crippen LogP) is 2.86. The van der Waals surface area contributed by atoms with Crippen LogP contribution in [-0.4, -0.2) is 24.1 Å². The molecular formula is C14H24O4. The third-order valence-electron chi connectivity index (χ3n) is 1.98. The number of allylic oxidation sites excluding steroid dienone is 1. The van der Waals surface area contributed by atoms with Crippen molar-refractivity contribution in [3.05, 3.63) is 12.2 Å². The van der Waals surface area contributed by atoms with Gasteiger partial charge in [0, 0.05) is 6.08 Å². The normalized spacial score (nSPS) is 12.6. The molecule has 4 heteroatoms. The van der Waals surface area contributed by atoms with Crippen molar-refractivity contribution < 1.29 is 19.1 Å². The van der Waals surface area contributed by atoms with Gasteiger partial charge in [0.2, 0.25) is 0 Å². The van der Waals surface area contributed by atoms with E-state index >= 15 is 0 Å². The molecule has 0 aliphatic carbocycles. The average molecular weight is 256 g/mol. The summed E-state index contributed by atoms with van der Waals surface area (Å²) in [6.45, 7) is 11.3. The van der Waals surface area contributed by atoms with Crippen molar-refractivity contribution in [1.82, 2.24) is 0 Å². The Labute approximate surface area is 109 Å². The minimum atomic E-state index is -0.507. The lowest BCUT2D eigenvalue weighted by Crippen LogP contribution is -2.23. The molecule has 0 atom stereocenters. The number of ether oxygens (including phenoxy) is 2. The molecule has 0 saturated heterocycles. The predicted molar refractivity (Wildman–Crippen MR) is 70.0 cm³/mol. The van der Waals surface area contributed by atoms with E-state index in [1.54, 1.807) is 13.0 Å². The van der Waals surface area contributed by atoms with Crippen LogP contribution in [0.4, 0.5) is 0 Å². The highest BCUT2D eigenvalue weighted by Gasteiger charge is 2.21. The maximum absolute atomic E-state index is 11.5. The van der Waals surface area contributed by atoms with E-state index in [1.165, 1.54) is 6.08 Å². The minimum absolute atomic E-state index is 0.236. The Hall–Kier alpha value is -1.32. The van der Waals surface area contributed by atoms with Crippen molar-refractivity contribution in [2.24, 2.45) is 5.41 Å². The van der Waals surface area contributed by atoms with Gasteiger partial charge in [-0.1, -0.05) is 19.9 Å². The van der Waals surface area contributed by atoms with Gasteiger partial charge >= 0.3 is 11.9 Å². The molecule has 0 aromatic rings. The molecule has 0 aliphatic heterocycles. The first-order valence-corrected chi connectivity index (χ1v) is 6.13. The number of carbonyl (C=O) groups excluding carboxylic acids is 2. The van der Waals surface area contributed by atoms with Crippen LogP contribution in [0.3, 0.4) is 0 Å². The van der Waals surface area contributed by atoms with Crippen molar-refractivity contribution in [2.45, 2.75) is 53.6 Å². The summed E-state index contributed by atoms with van der Waals surface area (Å²) in [5.74, 6) is -0.671. The minimum Gasteiger partial charge on any atom is -0.466 e. The molecular weight excluding hydrogens is 232 g/mol. The van der Waals surface area contributed by atoms with Gasteiger partial charge in [0.15, 0.2) is 0 Å². The number of carbonyl (C=O) groups is 2. The molecule has 0 unspecified atom stereocenters. The SMILES string of the molecule is CCOC(=O)CC(C)(C)/C=C/C(=O)OC(C)(C)C. The van der Waals surface area contributed by atoms with Gasteiger partial charge in [-0.2, -0.15) is 0 Å². The molecule has 0 aromatic heterocycles. The van der Waals surface area contributed by atoms with Crippen LogP contribution < -0.4 is 0 Å². The second-order valence-corrected chi connectivity index (χ2v) is 5.84. The number of rotatable bonds is 5. The highest BCUT2D eigenvalue weighted by molar-refractivity contribution is 5.82. The average Bonchev–Trinajstić information content (AvgIpc) is 2.11. The molecule has 0 bridgehead atoms. The molecule has 0 aliphatic rings. The van der Waals surface area contributed by atoms with Crippen LogP contribution >= 0.6 is 0 Å². The smallest absolute Gasteiger partial charge is 0.330 e. The molecule has 18 heavy (non-hydrogen) atoms. The van der Waals surface area contributed by atoms with Gasteiger partial charge in [-0.05, 0) is 33.1 Å². The van der Waals surface area contributed by atoms with Crippen LogP contribution in [0, 0.1) is 5.41 Å². The summed E-state index contributed by atoms with van der Waals surface area (Å²) in [5, 5.41) is 0. The van der Waals surface area contributed by atoms with Crippen LogP contribution in [0.15, 0.2) is 12.2 Å². The molecule has 4 nitrogen and oxygen atoms in total.